The summed E-state index contributed by atoms with van der Waals surface area (Å²) in [6.07, 6.45) is 4.40. The van der Waals surface area contributed by atoms with E-state index in [0.29, 0.717) is 25.4 Å². The highest BCUT2D eigenvalue weighted by molar-refractivity contribution is 7.07. The average Bonchev–Trinajstić information content (AvgIpc) is 3.07. The van der Waals surface area contributed by atoms with Crippen molar-refractivity contribution in [2.24, 2.45) is 13.0 Å². The fraction of sp³-hybridized carbons (Fsp3) is 0.562. The zero-order valence-electron chi connectivity index (χ0n) is 13.1. The van der Waals surface area contributed by atoms with Gasteiger partial charge in [0.2, 0.25) is 0 Å². The highest BCUT2D eigenvalue weighted by atomic mass is 32.1. The van der Waals surface area contributed by atoms with Crippen molar-refractivity contribution in [3.05, 3.63) is 34.3 Å². The standard InChI is InChI=1S/C16H20N4O2S/c1-19-9-17-13-5-20(16(21)14-8-23-10-18-14)4-12(15(13)19)7-22-6-11-2-3-11/h8-12H,2-7H2,1H3/t12-/m1/s1. The SMILES string of the molecule is Cn1cnc2c1[C@@H](COCC1CC1)CN(C(=O)c1cscn1)C2. The van der Waals surface area contributed by atoms with E-state index in [2.05, 4.69) is 14.5 Å². The Kier molecular flexibility index (Phi) is 3.90. The molecule has 0 bridgehead atoms. The lowest BCUT2D eigenvalue weighted by Gasteiger charge is -2.32. The fourth-order valence-electron chi connectivity index (χ4n) is 3.16. The normalized spacial score (nSPS) is 20.6. The van der Waals surface area contributed by atoms with Gasteiger partial charge in [0.25, 0.3) is 5.91 Å². The number of hydrogen-bond acceptors (Lipinski definition) is 5. The second-order valence-corrected chi connectivity index (χ2v) is 7.14. The van der Waals surface area contributed by atoms with E-state index in [9.17, 15) is 4.79 Å². The van der Waals surface area contributed by atoms with Gasteiger partial charge in [-0.25, -0.2) is 9.97 Å². The monoisotopic (exact) mass is 332 g/mol. The molecular formula is C16H20N4O2S. The molecule has 6 nitrogen and oxygen atoms in total. The third-order valence-electron chi connectivity index (χ3n) is 4.54. The van der Waals surface area contributed by atoms with Gasteiger partial charge in [0.15, 0.2) is 0 Å². The molecule has 0 spiro atoms. The van der Waals surface area contributed by atoms with Crippen LogP contribution in [0.4, 0.5) is 0 Å². The highest BCUT2D eigenvalue weighted by Crippen LogP contribution is 2.31. The van der Waals surface area contributed by atoms with Crippen LogP contribution in [0.5, 0.6) is 0 Å². The molecule has 4 rings (SSSR count). The summed E-state index contributed by atoms with van der Waals surface area (Å²) in [5.41, 5.74) is 4.39. The van der Waals surface area contributed by atoms with Crippen molar-refractivity contribution in [3.63, 3.8) is 0 Å². The van der Waals surface area contributed by atoms with E-state index in [-0.39, 0.29) is 11.8 Å². The number of ether oxygens (including phenoxy) is 1. The van der Waals surface area contributed by atoms with E-state index in [4.69, 9.17) is 4.74 Å². The van der Waals surface area contributed by atoms with Gasteiger partial charge >= 0.3 is 0 Å². The van der Waals surface area contributed by atoms with Gasteiger partial charge in [0.05, 0.1) is 30.7 Å². The quantitative estimate of drug-likeness (QED) is 0.841. The molecule has 122 valence electrons. The van der Waals surface area contributed by atoms with Crippen LogP contribution in [0.15, 0.2) is 17.2 Å². The summed E-state index contributed by atoms with van der Waals surface area (Å²) in [6, 6.07) is 0. The molecule has 1 amide bonds. The molecule has 0 unspecified atom stereocenters. The molecule has 0 aromatic carbocycles. The van der Waals surface area contributed by atoms with Crippen molar-refractivity contribution >= 4 is 17.2 Å². The van der Waals surface area contributed by atoms with Crippen molar-refractivity contribution in [1.29, 1.82) is 0 Å². The van der Waals surface area contributed by atoms with Crippen molar-refractivity contribution in [2.45, 2.75) is 25.3 Å². The Morgan fingerprint density at radius 2 is 2.26 bits per heavy atom. The van der Waals surface area contributed by atoms with E-state index in [1.807, 2.05) is 18.3 Å². The number of carbonyl (C=O) groups excluding carboxylic acids is 1. The Labute approximate surface area is 139 Å². The number of imidazole rings is 1. The molecule has 7 heteroatoms. The summed E-state index contributed by atoms with van der Waals surface area (Å²) in [5.74, 6) is 0.902. The molecule has 0 radical (unpaired) electrons. The smallest absolute Gasteiger partial charge is 0.273 e. The van der Waals surface area contributed by atoms with Crippen LogP contribution in [0.3, 0.4) is 0 Å². The van der Waals surface area contributed by atoms with Crippen LogP contribution in [0.1, 0.15) is 40.6 Å². The third kappa shape index (κ3) is 3.03. The zero-order valence-corrected chi connectivity index (χ0v) is 14.0. The minimum Gasteiger partial charge on any atom is -0.380 e. The number of hydrogen-bond donors (Lipinski definition) is 0. The van der Waals surface area contributed by atoms with Crippen LogP contribution in [0.2, 0.25) is 0 Å². The van der Waals surface area contributed by atoms with Gasteiger partial charge in [0.1, 0.15) is 5.69 Å². The van der Waals surface area contributed by atoms with Gasteiger partial charge in [-0.3, -0.25) is 4.79 Å². The van der Waals surface area contributed by atoms with Crippen LogP contribution in [0.25, 0.3) is 0 Å². The number of aromatic nitrogens is 3. The first-order chi connectivity index (χ1) is 11.2. The van der Waals surface area contributed by atoms with Crippen molar-refractivity contribution in [1.82, 2.24) is 19.4 Å². The summed E-state index contributed by atoms with van der Waals surface area (Å²) >= 11 is 1.44. The van der Waals surface area contributed by atoms with Crippen LogP contribution in [-0.2, 0) is 18.3 Å². The number of carbonyl (C=O) groups is 1. The number of fused-ring (bicyclic) bond motifs is 1. The van der Waals surface area contributed by atoms with Gasteiger partial charge < -0.3 is 14.2 Å². The number of rotatable bonds is 5. The number of aryl methyl sites for hydroxylation is 1. The maximum absolute atomic E-state index is 12.6. The lowest BCUT2D eigenvalue weighted by atomic mass is 9.98. The Hall–Kier alpha value is -1.73. The van der Waals surface area contributed by atoms with Crippen LogP contribution in [0, 0.1) is 5.92 Å². The molecule has 1 aliphatic carbocycles. The molecule has 2 aromatic heterocycles. The molecule has 2 aromatic rings. The summed E-state index contributed by atoms with van der Waals surface area (Å²) < 4.78 is 7.97. The van der Waals surface area contributed by atoms with E-state index in [0.717, 1.165) is 18.2 Å². The zero-order chi connectivity index (χ0) is 15.8. The first kappa shape index (κ1) is 14.8. The summed E-state index contributed by atoms with van der Waals surface area (Å²) in [7, 11) is 2.01. The molecule has 1 fully saturated rings. The largest absolute Gasteiger partial charge is 0.380 e. The molecule has 1 atom stereocenters. The fourth-order valence-corrected chi connectivity index (χ4v) is 3.69. The summed E-state index contributed by atoms with van der Waals surface area (Å²) in [5, 5.41) is 1.80. The molecule has 23 heavy (non-hydrogen) atoms. The second-order valence-electron chi connectivity index (χ2n) is 6.42. The Balaban J connectivity index is 1.51. The second kappa shape index (κ2) is 6.05. The van der Waals surface area contributed by atoms with E-state index >= 15 is 0 Å². The van der Waals surface area contributed by atoms with Crippen LogP contribution >= 0.6 is 11.3 Å². The lowest BCUT2D eigenvalue weighted by molar-refractivity contribution is 0.0614. The molecule has 1 saturated carbocycles. The predicted molar refractivity (Wildman–Crippen MR) is 86.3 cm³/mol. The minimum absolute atomic E-state index is 0.0188. The molecule has 0 saturated heterocycles. The van der Waals surface area contributed by atoms with E-state index in [1.54, 1.807) is 10.9 Å². The van der Waals surface area contributed by atoms with E-state index < -0.39 is 0 Å². The molecule has 1 aliphatic heterocycles. The van der Waals surface area contributed by atoms with Crippen molar-refractivity contribution in [3.8, 4) is 0 Å². The van der Waals surface area contributed by atoms with E-state index in [1.165, 1.54) is 29.9 Å². The first-order valence-corrected chi connectivity index (χ1v) is 8.92. The number of amides is 1. The predicted octanol–water partition coefficient (Wildman–Crippen LogP) is 2.04. The number of nitrogens with zero attached hydrogens (tertiary/aromatic N) is 4. The summed E-state index contributed by atoms with van der Waals surface area (Å²) in [6.45, 7) is 2.69. The van der Waals surface area contributed by atoms with Gasteiger partial charge in [-0.2, -0.15) is 0 Å². The Morgan fingerprint density at radius 1 is 1.39 bits per heavy atom. The van der Waals surface area contributed by atoms with Gasteiger partial charge in [-0.15, -0.1) is 11.3 Å². The topological polar surface area (TPSA) is 60.2 Å². The highest BCUT2D eigenvalue weighted by Gasteiger charge is 2.33. The molecule has 0 N–H and O–H groups in total. The van der Waals surface area contributed by atoms with Crippen LogP contribution in [-0.4, -0.2) is 45.1 Å². The summed E-state index contributed by atoms with van der Waals surface area (Å²) in [4.78, 5) is 23.1. The first-order valence-electron chi connectivity index (χ1n) is 7.97. The Morgan fingerprint density at radius 3 is 3.00 bits per heavy atom. The lowest BCUT2D eigenvalue weighted by Crippen LogP contribution is -2.40. The Bertz CT molecular complexity index is 693. The minimum atomic E-state index is -0.0188. The van der Waals surface area contributed by atoms with Gasteiger partial charge in [-0.1, -0.05) is 0 Å². The molecular weight excluding hydrogens is 312 g/mol. The van der Waals surface area contributed by atoms with Crippen molar-refractivity contribution < 1.29 is 9.53 Å². The molecule has 3 heterocycles. The van der Waals surface area contributed by atoms with Gasteiger partial charge in [0, 0.05) is 37.2 Å². The maximum Gasteiger partial charge on any atom is 0.273 e. The van der Waals surface area contributed by atoms with Crippen molar-refractivity contribution in [2.75, 3.05) is 19.8 Å². The average molecular weight is 332 g/mol. The van der Waals surface area contributed by atoms with Crippen LogP contribution < -0.4 is 0 Å². The molecule has 2 aliphatic rings. The van der Waals surface area contributed by atoms with Gasteiger partial charge in [-0.05, 0) is 18.8 Å². The number of thiazole rings is 1. The maximum atomic E-state index is 12.6. The third-order valence-corrected chi connectivity index (χ3v) is 5.13.